The van der Waals surface area contributed by atoms with Crippen LogP contribution in [-0.2, 0) is 16.1 Å². The van der Waals surface area contributed by atoms with Crippen LogP contribution < -0.4 is 16.4 Å². The average molecular weight is 350 g/mol. The predicted molar refractivity (Wildman–Crippen MR) is 101 cm³/mol. The van der Waals surface area contributed by atoms with Crippen molar-refractivity contribution < 1.29 is 9.59 Å². The van der Waals surface area contributed by atoms with E-state index in [0.29, 0.717) is 6.54 Å². The summed E-state index contributed by atoms with van der Waals surface area (Å²) in [7, 11) is 0. The lowest BCUT2D eigenvalue weighted by Gasteiger charge is -2.17. The SMILES string of the molecule is NC(=O)CC(NC(=O)CNCc1ccccc1)c1c[nH]c2ccccc12. The van der Waals surface area contributed by atoms with Crippen molar-refractivity contribution in [3.63, 3.8) is 0 Å². The van der Waals surface area contributed by atoms with E-state index in [0.717, 1.165) is 22.0 Å². The summed E-state index contributed by atoms with van der Waals surface area (Å²) in [5, 5.41) is 6.98. The number of aromatic amines is 1. The topological polar surface area (TPSA) is 100 Å². The molecule has 0 aliphatic carbocycles. The molecule has 6 heteroatoms. The van der Waals surface area contributed by atoms with Crippen LogP contribution in [0.1, 0.15) is 23.6 Å². The zero-order chi connectivity index (χ0) is 18.4. The van der Waals surface area contributed by atoms with E-state index < -0.39 is 11.9 Å². The third-order valence-corrected chi connectivity index (χ3v) is 4.19. The van der Waals surface area contributed by atoms with Crippen LogP contribution in [0.25, 0.3) is 10.9 Å². The van der Waals surface area contributed by atoms with Crippen molar-refractivity contribution in [1.29, 1.82) is 0 Å². The zero-order valence-corrected chi connectivity index (χ0v) is 14.4. The number of nitrogens with one attached hydrogen (secondary N) is 3. The quantitative estimate of drug-likeness (QED) is 0.500. The molecule has 6 nitrogen and oxygen atoms in total. The van der Waals surface area contributed by atoms with Crippen LogP contribution in [0.2, 0.25) is 0 Å². The third kappa shape index (κ3) is 4.49. The van der Waals surface area contributed by atoms with Crippen LogP contribution in [0.3, 0.4) is 0 Å². The second-order valence-electron chi connectivity index (χ2n) is 6.17. The van der Waals surface area contributed by atoms with Gasteiger partial charge in [0.1, 0.15) is 0 Å². The van der Waals surface area contributed by atoms with Crippen molar-refractivity contribution in [2.45, 2.75) is 19.0 Å². The summed E-state index contributed by atoms with van der Waals surface area (Å²) in [6, 6.07) is 17.1. The Morgan fingerprint density at radius 2 is 1.77 bits per heavy atom. The summed E-state index contributed by atoms with van der Waals surface area (Å²) in [6.45, 7) is 0.758. The molecule has 3 rings (SSSR count). The van der Waals surface area contributed by atoms with E-state index in [1.54, 1.807) is 0 Å². The monoisotopic (exact) mass is 350 g/mol. The van der Waals surface area contributed by atoms with Crippen LogP contribution >= 0.6 is 0 Å². The molecule has 0 saturated heterocycles. The first-order chi connectivity index (χ1) is 12.6. The van der Waals surface area contributed by atoms with E-state index in [1.165, 1.54) is 0 Å². The molecule has 0 spiro atoms. The molecule has 1 unspecified atom stereocenters. The van der Waals surface area contributed by atoms with E-state index >= 15 is 0 Å². The highest BCUT2D eigenvalue weighted by Crippen LogP contribution is 2.26. The van der Waals surface area contributed by atoms with E-state index in [-0.39, 0.29) is 18.9 Å². The fourth-order valence-electron chi connectivity index (χ4n) is 2.98. The fraction of sp³-hybridized carbons (Fsp3) is 0.200. The minimum absolute atomic E-state index is 0.0479. The Kier molecular flexibility index (Phi) is 5.66. The molecule has 1 atom stereocenters. The van der Waals surface area contributed by atoms with Crippen molar-refractivity contribution in [1.82, 2.24) is 15.6 Å². The molecule has 0 aliphatic rings. The van der Waals surface area contributed by atoms with Crippen LogP contribution in [0.4, 0.5) is 0 Å². The number of carbonyl (C=O) groups excluding carboxylic acids is 2. The lowest BCUT2D eigenvalue weighted by atomic mass is 10.0. The van der Waals surface area contributed by atoms with E-state index in [1.807, 2.05) is 60.8 Å². The first kappa shape index (κ1) is 17.7. The summed E-state index contributed by atoms with van der Waals surface area (Å²) < 4.78 is 0. The number of carbonyl (C=O) groups is 2. The van der Waals surface area contributed by atoms with E-state index in [9.17, 15) is 9.59 Å². The first-order valence-corrected chi connectivity index (χ1v) is 8.52. The van der Waals surface area contributed by atoms with Gasteiger partial charge < -0.3 is 21.4 Å². The molecule has 0 bridgehead atoms. The van der Waals surface area contributed by atoms with Crippen molar-refractivity contribution in [2.24, 2.45) is 5.73 Å². The summed E-state index contributed by atoms with van der Waals surface area (Å²) in [5.74, 6) is -0.643. The van der Waals surface area contributed by atoms with Gasteiger partial charge in [-0.05, 0) is 11.6 Å². The Morgan fingerprint density at radius 1 is 1.04 bits per heavy atom. The van der Waals surface area contributed by atoms with Gasteiger partial charge >= 0.3 is 0 Å². The molecule has 3 aromatic rings. The van der Waals surface area contributed by atoms with Gasteiger partial charge in [-0.2, -0.15) is 0 Å². The minimum atomic E-state index is -0.463. The number of para-hydroxylation sites is 1. The number of nitrogens with two attached hydrogens (primary N) is 1. The molecule has 0 fully saturated rings. The maximum atomic E-state index is 12.3. The fourth-order valence-corrected chi connectivity index (χ4v) is 2.98. The Hall–Kier alpha value is -3.12. The average Bonchev–Trinajstić information content (AvgIpc) is 3.06. The molecule has 2 amide bonds. The highest BCUT2D eigenvalue weighted by Gasteiger charge is 2.20. The third-order valence-electron chi connectivity index (χ3n) is 4.19. The molecule has 134 valence electrons. The highest BCUT2D eigenvalue weighted by molar-refractivity contribution is 5.86. The molecule has 26 heavy (non-hydrogen) atoms. The molecule has 0 saturated carbocycles. The molecular formula is C20H22N4O2. The second kappa shape index (κ2) is 8.31. The predicted octanol–water partition coefficient (Wildman–Crippen LogP) is 1.99. The van der Waals surface area contributed by atoms with Gasteiger partial charge in [-0.3, -0.25) is 9.59 Å². The lowest BCUT2D eigenvalue weighted by Crippen LogP contribution is -2.37. The van der Waals surface area contributed by atoms with Gasteiger partial charge in [0.05, 0.1) is 19.0 Å². The van der Waals surface area contributed by atoms with E-state index in [4.69, 9.17) is 5.73 Å². The number of amides is 2. The van der Waals surface area contributed by atoms with Gasteiger partial charge in [-0.25, -0.2) is 0 Å². The number of rotatable bonds is 8. The Balaban J connectivity index is 1.64. The minimum Gasteiger partial charge on any atom is -0.370 e. The summed E-state index contributed by atoms with van der Waals surface area (Å²) in [5.41, 5.74) is 8.29. The number of fused-ring (bicyclic) bond motifs is 1. The molecular weight excluding hydrogens is 328 g/mol. The van der Waals surface area contributed by atoms with Crippen molar-refractivity contribution in [3.8, 4) is 0 Å². The van der Waals surface area contributed by atoms with Crippen LogP contribution in [0, 0.1) is 0 Å². The van der Waals surface area contributed by atoms with Crippen molar-refractivity contribution >= 4 is 22.7 Å². The van der Waals surface area contributed by atoms with Crippen molar-refractivity contribution in [2.75, 3.05) is 6.54 Å². The maximum Gasteiger partial charge on any atom is 0.234 e. The second-order valence-corrected chi connectivity index (χ2v) is 6.17. The maximum absolute atomic E-state index is 12.3. The molecule has 5 N–H and O–H groups in total. The number of benzene rings is 2. The van der Waals surface area contributed by atoms with E-state index in [2.05, 4.69) is 15.6 Å². The number of aromatic nitrogens is 1. The highest BCUT2D eigenvalue weighted by atomic mass is 16.2. The number of hydrogen-bond donors (Lipinski definition) is 4. The smallest absolute Gasteiger partial charge is 0.234 e. The first-order valence-electron chi connectivity index (χ1n) is 8.52. The number of H-pyrrole nitrogens is 1. The largest absolute Gasteiger partial charge is 0.370 e. The Morgan fingerprint density at radius 3 is 2.54 bits per heavy atom. The standard InChI is InChI=1S/C20H22N4O2/c21-19(25)10-18(16-12-23-17-9-5-4-8-15(16)17)24-20(26)13-22-11-14-6-2-1-3-7-14/h1-9,12,18,22-23H,10-11,13H2,(H2,21,25)(H,24,26). The molecule has 2 aromatic carbocycles. The number of primary amides is 1. The van der Waals surface area contributed by atoms with Crippen LogP contribution in [-0.4, -0.2) is 23.3 Å². The van der Waals surface area contributed by atoms with Gasteiger partial charge in [-0.1, -0.05) is 48.5 Å². The summed E-state index contributed by atoms with van der Waals surface area (Å²) in [6.07, 6.45) is 1.86. The Bertz CT molecular complexity index is 889. The molecule has 0 aliphatic heterocycles. The molecule has 0 radical (unpaired) electrons. The Labute approximate surface area is 151 Å². The summed E-state index contributed by atoms with van der Waals surface area (Å²) >= 11 is 0. The molecule has 1 aromatic heterocycles. The van der Waals surface area contributed by atoms with Gasteiger partial charge in [0.25, 0.3) is 0 Å². The van der Waals surface area contributed by atoms with Gasteiger partial charge in [0.2, 0.25) is 11.8 Å². The van der Waals surface area contributed by atoms with Gasteiger partial charge in [0, 0.05) is 29.2 Å². The van der Waals surface area contributed by atoms with Crippen molar-refractivity contribution in [3.05, 3.63) is 71.9 Å². The summed E-state index contributed by atoms with van der Waals surface area (Å²) in [4.78, 5) is 26.9. The molecule has 1 heterocycles. The van der Waals surface area contributed by atoms with Crippen LogP contribution in [0.5, 0.6) is 0 Å². The van der Waals surface area contributed by atoms with Gasteiger partial charge in [0.15, 0.2) is 0 Å². The van der Waals surface area contributed by atoms with Gasteiger partial charge in [-0.15, -0.1) is 0 Å². The van der Waals surface area contributed by atoms with Crippen LogP contribution in [0.15, 0.2) is 60.8 Å². The lowest BCUT2D eigenvalue weighted by molar-refractivity contribution is -0.122. The normalized spacial score (nSPS) is 12.0. The number of hydrogen-bond acceptors (Lipinski definition) is 3. The zero-order valence-electron chi connectivity index (χ0n) is 14.4.